The van der Waals surface area contributed by atoms with E-state index in [0.29, 0.717) is 0 Å². The van der Waals surface area contributed by atoms with Gasteiger partial charge in [-0.15, -0.1) is 0 Å². The van der Waals surface area contributed by atoms with Crippen molar-refractivity contribution in [1.29, 1.82) is 0 Å². The van der Waals surface area contributed by atoms with E-state index in [2.05, 4.69) is 15.9 Å². The summed E-state index contributed by atoms with van der Waals surface area (Å²) in [4.78, 5) is 10.5. The summed E-state index contributed by atoms with van der Waals surface area (Å²) >= 11 is 3.39. The molecule has 0 spiro atoms. The summed E-state index contributed by atoms with van der Waals surface area (Å²) < 4.78 is 12.0. The molecule has 0 unspecified atom stereocenters. The van der Waals surface area contributed by atoms with E-state index in [4.69, 9.17) is 14.6 Å². The molecule has 2 rings (SSSR count). The summed E-state index contributed by atoms with van der Waals surface area (Å²) in [6.45, 7) is 1.46. The quantitative estimate of drug-likeness (QED) is 0.864. The van der Waals surface area contributed by atoms with Crippen molar-refractivity contribution in [2.45, 2.75) is 18.9 Å². The van der Waals surface area contributed by atoms with E-state index >= 15 is 0 Å². The molecule has 0 aromatic heterocycles. The molecule has 4 nitrogen and oxygen atoms in total. The van der Waals surface area contributed by atoms with Crippen LogP contribution in [0.1, 0.15) is 18.4 Å². The second-order valence-electron chi connectivity index (χ2n) is 4.28. The molecule has 102 valence electrons. The Kier molecular flexibility index (Phi) is 4.99. The molecule has 5 heteroatoms. The van der Waals surface area contributed by atoms with Gasteiger partial charge in [-0.2, -0.15) is 0 Å². The Morgan fingerprint density at radius 1 is 1.42 bits per heavy atom. The van der Waals surface area contributed by atoms with E-state index in [1.807, 2.05) is 18.2 Å². The van der Waals surface area contributed by atoms with Crippen LogP contribution in [0, 0.1) is 0 Å². The maximum Gasteiger partial charge on any atom is 0.328 e. The molecule has 0 atom stereocenters. The average molecular weight is 327 g/mol. The molecular weight excluding hydrogens is 312 g/mol. The third-order valence-electron chi connectivity index (χ3n) is 2.84. The Bertz CT molecular complexity index is 478. The molecule has 1 aliphatic rings. The first kappa shape index (κ1) is 14.1. The maximum atomic E-state index is 10.5. The van der Waals surface area contributed by atoms with E-state index in [1.165, 1.54) is 0 Å². The Morgan fingerprint density at radius 2 is 2.16 bits per heavy atom. The van der Waals surface area contributed by atoms with Crippen molar-refractivity contribution in [1.82, 2.24) is 0 Å². The van der Waals surface area contributed by atoms with E-state index in [0.717, 1.165) is 47.9 Å². The SMILES string of the molecule is O=C(O)/C=C/c1cc(OC2CCOCC2)ccc1Br. The first-order chi connectivity index (χ1) is 9.15. The first-order valence-electron chi connectivity index (χ1n) is 6.10. The predicted molar refractivity (Wildman–Crippen MR) is 75.3 cm³/mol. The number of rotatable bonds is 4. The molecule has 1 aliphatic heterocycles. The predicted octanol–water partition coefficient (Wildman–Crippen LogP) is 3.10. The molecule has 0 saturated carbocycles. The third-order valence-corrected chi connectivity index (χ3v) is 3.57. The van der Waals surface area contributed by atoms with Crippen molar-refractivity contribution in [3.63, 3.8) is 0 Å². The molecular formula is C14H15BrO4. The number of carboxylic acids is 1. The van der Waals surface area contributed by atoms with Crippen molar-refractivity contribution < 1.29 is 19.4 Å². The summed E-state index contributed by atoms with van der Waals surface area (Å²) in [7, 11) is 0. The molecule has 0 amide bonds. The number of halogens is 1. The highest BCUT2D eigenvalue weighted by molar-refractivity contribution is 9.10. The minimum atomic E-state index is -0.970. The number of ether oxygens (including phenoxy) is 2. The molecule has 1 fully saturated rings. The molecule has 0 aliphatic carbocycles. The van der Waals surface area contributed by atoms with Crippen molar-refractivity contribution in [3.05, 3.63) is 34.3 Å². The molecule has 1 aromatic rings. The van der Waals surface area contributed by atoms with Crippen molar-refractivity contribution in [2.75, 3.05) is 13.2 Å². The third kappa shape index (κ3) is 4.36. The van der Waals surface area contributed by atoms with Crippen LogP contribution >= 0.6 is 15.9 Å². The fraction of sp³-hybridized carbons (Fsp3) is 0.357. The zero-order valence-electron chi connectivity index (χ0n) is 10.3. The Labute approximate surface area is 120 Å². The van der Waals surface area contributed by atoms with E-state index in [9.17, 15) is 4.79 Å². The van der Waals surface area contributed by atoms with Gasteiger partial charge in [0.2, 0.25) is 0 Å². The molecule has 1 N–H and O–H groups in total. The number of hydrogen-bond donors (Lipinski definition) is 1. The standard InChI is InChI=1S/C14H15BrO4/c15-13-3-2-12(9-10(13)1-4-14(16)17)19-11-5-7-18-8-6-11/h1-4,9,11H,5-8H2,(H,16,17)/b4-1+. The Balaban J connectivity index is 2.08. The minimum Gasteiger partial charge on any atom is -0.490 e. The van der Waals surface area contributed by atoms with Crippen molar-refractivity contribution in [3.8, 4) is 5.75 Å². The van der Waals surface area contributed by atoms with Crippen LogP contribution in [0.2, 0.25) is 0 Å². The van der Waals surface area contributed by atoms with Gasteiger partial charge in [-0.25, -0.2) is 4.79 Å². The van der Waals surface area contributed by atoms with Crippen molar-refractivity contribution in [2.24, 2.45) is 0 Å². The van der Waals surface area contributed by atoms with Crippen LogP contribution in [-0.4, -0.2) is 30.4 Å². The molecule has 1 saturated heterocycles. The Hall–Kier alpha value is -1.33. The molecule has 0 radical (unpaired) electrons. The van der Waals surface area contributed by atoms with Gasteiger partial charge in [0, 0.05) is 23.4 Å². The van der Waals surface area contributed by atoms with Gasteiger partial charge in [0.05, 0.1) is 13.2 Å². The monoisotopic (exact) mass is 326 g/mol. The normalized spacial score (nSPS) is 16.7. The van der Waals surface area contributed by atoms with Gasteiger partial charge in [-0.3, -0.25) is 0 Å². The lowest BCUT2D eigenvalue weighted by Gasteiger charge is -2.23. The van der Waals surface area contributed by atoms with Crippen LogP contribution in [0.15, 0.2) is 28.7 Å². The highest BCUT2D eigenvalue weighted by Crippen LogP contribution is 2.25. The highest BCUT2D eigenvalue weighted by atomic mass is 79.9. The van der Waals surface area contributed by atoms with Gasteiger partial charge < -0.3 is 14.6 Å². The first-order valence-corrected chi connectivity index (χ1v) is 6.89. The Morgan fingerprint density at radius 3 is 2.84 bits per heavy atom. The molecule has 1 heterocycles. The van der Waals surface area contributed by atoms with Crippen LogP contribution in [-0.2, 0) is 9.53 Å². The highest BCUT2D eigenvalue weighted by Gasteiger charge is 2.15. The lowest BCUT2D eigenvalue weighted by molar-refractivity contribution is -0.131. The van der Waals surface area contributed by atoms with Crippen LogP contribution < -0.4 is 4.74 Å². The smallest absolute Gasteiger partial charge is 0.328 e. The second-order valence-corrected chi connectivity index (χ2v) is 5.14. The number of benzene rings is 1. The van der Waals surface area contributed by atoms with Gasteiger partial charge in [-0.1, -0.05) is 15.9 Å². The lowest BCUT2D eigenvalue weighted by Crippen LogP contribution is -2.25. The zero-order valence-corrected chi connectivity index (χ0v) is 11.9. The van der Waals surface area contributed by atoms with E-state index < -0.39 is 5.97 Å². The summed E-state index contributed by atoms with van der Waals surface area (Å²) in [5, 5.41) is 8.65. The number of hydrogen-bond acceptors (Lipinski definition) is 3. The fourth-order valence-corrected chi connectivity index (χ4v) is 2.25. The molecule has 0 bridgehead atoms. The number of carbonyl (C=O) groups is 1. The lowest BCUT2D eigenvalue weighted by atomic mass is 10.1. The van der Waals surface area contributed by atoms with Crippen LogP contribution in [0.3, 0.4) is 0 Å². The summed E-state index contributed by atoms with van der Waals surface area (Å²) in [5.74, 6) is -0.220. The van der Waals surface area contributed by atoms with Gasteiger partial charge in [-0.05, 0) is 29.8 Å². The van der Waals surface area contributed by atoms with Gasteiger partial charge in [0.15, 0.2) is 0 Å². The maximum absolute atomic E-state index is 10.5. The summed E-state index contributed by atoms with van der Waals surface area (Å²) in [5.41, 5.74) is 0.784. The topological polar surface area (TPSA) is 55.8 Å². The fourth-order valence-electron chi connectivity index (χ4n) is 1.87. The van der Waals surface area contributed by atoms with Crippen LogP contribution in [0.5, 0.6) is 5.75 Å². The van der Waals surface area contributed by atoms with Crippen LogP contribution in [0.4, 0.5) is 0 Å². The van der Waals surface area contributed by atoms with E-state index in [1.54, 1.807) is 6.08 Å². The van der Waals surface area contributed by atoms with Crippen molar-refractivity contribution >= 4 is 28.0 Å². The zero-order chi connectivity index (χ0) is 13.7. The summed E-state index contributed by atoms with van der Waals surface area (Å²) in [6.07, 6.45) is 4.60. The number of aliphatic carboxylic acids is 1. The van der Waals surface area contributed by atoms with Gasteiger partial charge >= 0.3 is 5.97 Å². The number of carboxylic acid groups (broad SMARTS) is 1. The average Bonchev–Trinajstić information content (AvgIpc) is 2.40. The van der Waals surface area contributed by atoms with Crippen LogP contribution in [0.25, 0.3) is 6.08 Å². The summed E-state index contributed by atoms with van der Waals surface area (Å²) in [6, 6.07) is 5.56. The molecule has 19 heavy (non-hydrogen) atoms. The van der Waals surface area contributed by atoms with Gasteiger partial charge in [0.25, 0.3) is 0 Å². The molecule has 1 aromatic carbocycles. The minimum absolute atomic E-state index is 0.172. The van der Waals surface area contributed by atoms with E-state index in [-0.39, 0.29) is 6.10 Å². The second kappa shape index (κ2) is 6.73. The van der Waals surface area contributed by atoms with Gasteiger partial charge in [0.1, 0.15) is 11.9 Å². The largest absolute Gasteiger partial charge is 0.490 e.